The van der Waals surface area contributed by atoms with E-state index in [0.29, 0.717) is 5.25 Å². The lowest BCUT2D eigenvalue weighted by Crippen LogP contribution is -2.29. The lowest BCUT2D eigenvalue weighted by Gasteiger charge is -2.16. The molecule has 114 valence electrons. The molecule has 0 bridgehead atoms. The Morgan fingerprint density at radius 3 is 2.50 bits per heavy atom. The number of hydrogen-bond acceptors (Lipinski definition) is 4. The summed E-state index contributed by atoms with van der Waals surface area (Å²) in [5.74, 6) is 0.131. The van der Waals surface area contributed by atoms with Crippen molar-refractivity contribution in [1.29, 1.82) is 0 Å². The van der Waals surface area contributed by atoms with Crippen LogP contribution in [0.4, 0.5) is 11.4 Å². The van der Waals surface area contributed by atoms with E-state index < -0.39 is 0 Å². The molecule has 0 saturated carbocycles. The molecule has 1 fully saturated rings. The summed E-state index contributed by atoms with van der Waals surface area (Å²) in [5.41, 5.74) is 2.70. The Bertz CT molecular complexity index is 630. The third-order valence-corrected chi connectivity index (χ3v) is 4.92. The first kappa shape index (κ1) is 14.9. The Kier molecular flexibility index (Phi) is 4.63. The highest BCUT2D eigenvalue weighted by atomic mass is 32.2. The van der Waals surface area contributed by atoms with Gasteiger partial charge in [-0.15, -0.1) is 0 Å². The van der Waals surface area contributed by atoms with Gasteiger partial charge in [-0.3, -0.25) is 9.78 Å². The fourth-order valence-electron chi connectivity index (χ4n) is 2.59. The Balaban J connectivity index is 1.65. The molecule has 1 aromatic carbocycles. The number of thioether (sulfide) groups is 1. The molecule has 1 N–H and O–H groups in total. The number of anilines is 2. The van der Waals surface area contributed by atoms with Gasteiger partial charge in [-0.25, -0.2) is 0 Å². The monoisotopic (exact) mass is 313 g/mol. The molecule has 5 heteroatoms. The molecular weight excluding hydrogens is 294 g/mol. The van der Waals surface area contributed by atoms with Gasteiger partial charge in [-0.1, -0.05) is 0 Å². The van der Waals surface area contributed by atoms with Crippen molar-refractivity contribution in [1.82, 2.24) is 9.88 Å². The molecule has 3 rings (SSSR count). The second-order valence-electron chi connectivity index (χ2n) is 5.34. The molecule has 2 aromatic rings. The van der Waals surface area contributed by atoms with Gasteiger partial charge in [0.05, 0.1) is 0 Å². The average molecular weight is 313 g/mol. The minimum atomic E-state index is 0.131. The van der Waals surface area contributed by atoms with Crippen LogP contribution in [-0.2, 0) is 0 Å². The topological polar surface area (TPSA) is 45.2 Å². The van der Waals surface area contributed by atoms with Crippen LogP contribution >= 0.6 is 11.8 Å². The summed E-state index contributed by atoms with van der Waals surface area (Å²) >= 11 is 1.84. The van der Waals surface area contributed by atoms with Gasteiger partial charge in [-0.2, -0.15) is 11.8 Å². The van der Waals surface area contributed by atoms with Crippen molar-refractivity contribution in [2.75, 3.05) is 24.7 Å². The van der Waals surface area contributed by atoms with E-state index >= 15 is 0 Å². The molecule has 4 nitrogen and oxygen atoms in total. The van der Waals surface area contributed by atoms with E-state index in [0.717, 1.165) is 36.4 Å². The summed E-state index contributed by atoms with van der Waals surface area (Å²) < 4.78 is 0. The highest BCUT2D eigenvalue weighted by Crippen LogP contribution is 2.23. The SMILES string of the molecule is CSC1CCN(C(=O)c2ccc(Nc3ccncc3)cc2)C1. The second kappa shape index (κ2) is 6.83. The number of hydrogen-bond donors (Lipinski definition) is 1. The zero-order valence-electron chi connectivity index (χ0n) is 12.5. The second-order valence-corrected chi connectivity index (χ2v) is 6.47. The standard InChI is InChI=1S/C17H19N3OS/c1-22-16-8-11-20(12-16)17(21)13-2-4-14(5-3-13)19-15-6-9-18-10-7-15/h2-7,9-10,16H,8,11-12H2,1H3,(H,18,19). The molecule has 2 heterocycles. The molecule has 0 spiro atoms. The molecule has 0 aliphatic carbocycles. The van der Waals surface area contributed by atoms with Crippen molar-refractivity contribution in [2.24, 2.45) is 0 Å². The summed E-state index contributed by atoms with van der Waals surface area (Å²) in [6.07, 6.45) is 6.69. The van der Waals surface area contributed by atoms with Crippen LogP contribution in [0.5, 0.6) is 0 Å². The predicted octanol–water partition coefficient (Wildman–Crippen LogP) is 3.40. The zero-order valence-corrected chi connectivity index (χ0v) is 13.3. The smallest absolute Gasteiger partial charge is 0.253 e. The maximum atomic E-state index is 12.5. The molecule has 1 aromatic heterocycles. The minimum Gasteiger partial charge on any atom is -0.355 e. The van der Waals surface area contributed by atoms with Crippen molar-refractivity contribution in [3.63, 3.8) is 0 Å². The summed E-state index contributed by atoms with van der Waals surface area (Å²) in [6, 6.07) is 11.5. The van der Waals surface area contributed by atoms with Gasteiger partial charge in [0.2, 0.25) is 0 Å². The van der Waals surface area contributed by atoms with Gasteiger partial charge < -0.3 is 10.2 Å². The first-order valence-electron chi connectivity index (χ1n) is 7.35. The third-order valence-electron chi connectivity index (χ3n) is 3.87. The summed E-state index contributed by atoms with van der Waals surface area (Å²) in [7, 11) is 0. The third kappa shape index (κ3) is 3.42. The van der Waals surface area contributed by atoms with Crippen LogP contribution < -0.4 is 5.32 Å². The average Bonchev–Trinajstić information content (AvgIpc) is 3.05. The maximum Gasteiger partial charge on any atom is 0.253 e. The van der Waals surface area contributed by atoms with Crippen molar-refractivity contribution in [3.05, 3.63) is 54.4 Å². The van der Waals surface area contributed by atoms with Crippen LogP contribution in [0.3, 0.4) is 0 Å². The van der Waals surface area contributed by atoms with Gasteiger partial charge in [0.25, 0.3) is 5.91 Å². The van der Waals surface area contributed by atoms with Crippen LogP contribution in [0.25, 0.3) is 0 Å². The zero-order chi connectivity index (χ0) is 15.4. The van der Waals surface area contributed by atoms with Crippen LogP contribution in [0.2, 0.25) is 0 Å². The number of pyridine rings is 1. The molecule has 0 radical (unpaired) electrons. The van der Waals surface area contributed by atoms with Gasteiger partial charge in [0, 0.05) is 47.7 Å². The molecule has 1 saturated heterocycles. The van der Waals surface area contributed by atoms with E-state index in [1.807, 2.05) is 53.1 Å². The highest BCUT2D eigenvalue weighted by molar-refractivity contribution is 7.99. The number of amides is 1. The van der Waals surface area contributed by atoms with Crippen LogP contribution in [0.15, 0.2) is 48.8 Å². The Labute approximate surface area is 134 Å². The van der Waals surface area contributed by atoms with E-state index in [9.17, 15) is 4.79 Å². The van der Waals surface area contributed by atoms with Crippen LogP contribution in [-0.4, -0.2) is 40.4 Å². The predicted molar refractivity (Wildman–Crippen MR) is 91.8 cm³/mol. The molecule has 1 aliphatic heterocycles. The number of nitrogens with zero attached hydrogens (tertiary/aromatic N) is 2. The number of likely N-dealkylation sites (tertiary alicyclic amines) is 1. The van der Waals surface area contributed by atoms with Gasteiger partial charge in [0.1, 0.15) is 0 Å². The Morgan fingerprint density at radius 1 is 1.18 bits per heavy atom. The van der Waals surface area contributed by atoms with Crippen LogP contribution in [0, 0.1) is 0 Å². The van der Waals surface area contributed by atoms with Crippen molar-refractivity contribution >= 4 is 29.0 Å². The molecule has 1 atom stereocenters. The molecule has 1 aliphatic rings. The van der Waals surface area contributed by atoms with E-state index in [2.05, 4.69) is 16.6 Å². The Hall–Kier alpha value is -2.01. The number of nitrogens with one attached hydrogen (secondary N) is 1. The molecular formula is C17H19N3OS. The number of carbonyl (C=O) groups excluding carboxylic acids is 1. The highest BCUT2D eigenvalue weighted by Gasteiger charge is 2.26. The quantitative estimate of drug-likeness (QED) is 0.939. The van der Waals surface area contributed by atoms with Crippen molar-refractivity contribution in [3.8, 4) is 0 Å². The van der Waals surface area contributed by atoms with Gasteiger partial charge >= 0.3 is 0 Å². The van der Waals surface area contributed by atoms with Crippen LogP contribution in [0.1, 0.15) is 16.8 Å². The molecule has 1 amide bonds. The maximum absolute atomic E-state index is 12.5. The first-order chi connectivity index (χ1) is 10.8. The fourth-order valence-corrected chi connectivity index (χ4v) is 3.26. The lowest BCUT2D eigenvalue weighted by atomic mass is 10.2. The fraction of sp³-hybridized carbons (Fsp3) is 0.294. The largest absolute Gasteiger partial charge is 0.355 e. The number of benzene rings is 1. The van der Waals surface area contributed by atoms with E-state index in [1.54, 1.807) is 12.4 Å². The normalized spacial score (nSPS) is 17.5. The van der Waals surface area contributed by atoms with E-state index in [4.69, 9.17) is 0 Å². The van der Waals surface area contributed by atoms with Gasteiger partial charge in [0.15, 0.2) is 0 Å². The number of aromatic nitrogens is 1. The summed E-state index contributed by atoms with van der Waals surface area (Å²) in [5, 5.41) is 3.87. The van der Waals surface area contributed by atoms with Crippen molar-refractivity contribution < 1.29 is 4.79 Å². The number of rotatable bonds is 4. The summed E-state index contributed by atoms with van der Waals surface area (Å²) in [6.45, 7) is 1.72. The minimum absolute atomic E-state index is 0.131. The number of carbonyl (C=O) groups is 1. The van der Waals surface area contributed by atoms with E-state index in [1.165, 1.54) is 0 Å². The lowest BCUT2D eigenvalue weighted by molar-refractivity contribution is 0.0793. The molecule has 22 heavy (non-hydrogen) atoms. The van der Waals surface area contributed by atoms with Crippen molar-refractivity contribution in [2.45, 2.75) is 11.7 Å². The van der Waals surface area contributed by atoms with Gasteiger partial charge in [-0.05, 0) is 49.1 Å². The molecule has 1 unspecified atom stereocenters. The first-order valence-corrected chi connectivity index (χ1v) is 8.64. The summed E-state index contributed by atoms with van der Waals surface area (Å²) in [4.78, 5) is 18.4. The van der Waals surface area contributed by atoms with E-state index in [-0.39, 0.29) is 5.91 Å². The Morgan fingerprint density at radius 2 is 1.86 bits per heavy atom.